The summed E-state index contributed by atoms with van der Waals surface area (Å²) in [7, 11) is 0. The number of hydrogen-bond donors (Lipinski definition) is 0. The minimum Gasteiger partial charge on any atom is -0.308 e. The molecular formula is C47H34N4. The summed E-state index contributed by atoms with van der Waals surface area (Å²) in [4.78, 5) is 15.2. The fraction of sp³-hybridized carbons (Fsp3) is 0.0851. The fourth-order valence-electron chi connectivity index (χ4n) is 7.93. The number of nitrogens with zero attached hydrogens (tertiary/aromatic N) is 4. The molecule has 10 rings (SSSR count). The van der Waals surface area contributed by atoms with Gasteiger partial charge in [-0.2, -0.15) is 0 Å². The predicted molar refractivity (Wildman–Crippen MR) is 212 cm³/mol. The summed E-state index contributed by atoms with van der Waals surface area (Å²) < 4.78 is 2.52. The SMILES string of the molecule is C1=CCCC(c2nc(-c3ccccc3)nc(C3C=CC(n4c5c(-c6ccccc6)c6ccccc6cc5c5ccc6ccccc6c54)=CC3)n2)=C1. The quantitative estimate of drug-likeness (QED) is 0.185. The van der Waals surface area contributed by atoms with Crippen molar-refractivity contribution in [1.82, 2.24) is 19.5 Å². The van der Waals surface area contributed by atoms with E-state index in [4.69, 9.17) is 15.0 Å². The molecule has 2 aliphatic rings. The lowest BCUT2D eigenvalue weighted by atomic mass is 9.94. The molecule has 0 bridgehead atoms. The Bertz CT molecular complexity index is 2770. The van der Waals surface area contributed by atoms with Gasteiger partial charge in [0, 0.05) is 38.9 Å². The van der Waals surface area contributed by atoms with Crippen molar-refractivity contribution >= 4 is 54.6 Å². The van der Waals surface area contributed by atoms with Crippen molar-refractivity contribution in [2.45, 2.75) is 25.2 Å². The number of allylic oxidation sites excluding steroid dienone is 8. The summed E-state index contributed by atoms with van der Waals surface area (Å²) >= 11 is 0. The van der Waals surface area contributed by atoms with Gasteiger partial charge in [0.15, 0.2) is 11.6 Å². The molecule has 0 fully saturated rings. The van der Waals surface area contributed by atoms with Gasteiger partial charge in [-0.15, -0.1) is 0 Å². The van der Waals surface area contributed by atoms with Crippen LogP contribution in [0.2, 0.25) is 0 Å². The van der Waals surface area contributed by atoms with Crippen LogP contribution in [-0.2, 0) is 0 Å². The minimum atomic E-state index is 0.0250. The number of rotatable bonds is 5. The maximum absolute atomic E-state index is 5.11. The molecule has 0 saturated heterocycles. The molecule has 1 atom stereocenters. The summed E-state index contributed by atoms with van der Waals surface area (Å²) in [5, 5.41) is 7.49. The summed E-state index contributed by atoms with van der Waals surface area (Å²) in [6.07, 6.45) is 16.1. The first-order valence-corrected chi connectivity index (χ1v) is 17.8. The van der Waals surface area contributed by atoms with Gasteiger partial charge in [0.05, 0.1) is 11.0 Å². The molecule has 0 radical (unpaired) electrons. The summed E-state index contributed by atoms with van der Waals surface area (Å²) in [6.45, 7) is 0. The van der Waals surface area contributed by atoms with Gasteiger partial charge >= 0.3 is 0 Å². The molecule has 4 nitrogen and oxygen atoms in total. The minimum absolute atomic E-state index is 0.0250. The van der Waals surface area contributed by atoms with Crippen molar-refractivity contribution in [2.24, 2.45) is 0 Å². The van der Waals surface area contributed by atoms with Gasteiger partial charge in [-0.1, -0.05) is 152 Å². The standard InChI is InChI=1S/C47H34N4/c1-4-15-32(16-5-1)42-38-22-12-11-21-36(38)30-41-40-29-26-31-14-10-13-23-39(31)43(40)51(44(41)42)37-27-24-35(25-28-37)47-49-45(33-17-6-2-7-18-33)48-46(50-47)34-19-8-3-9-20-34/h1-8,10-19,21-24,26-30,35H,9,20,25H2. The van der Waals surface area contributed by atoms with Crippen molar-refractivity contribution in [1.29, 1.82) is 0 Å². The van der Waals surface area contributed by atoms with E-state index in [1.54, 1.807) is 0 Å². The van der Waals surface area contributed by atoms with Gasteiger partial charge < -0.3 is 4.57 Å². The Kier molecular flexibility index (Phi) is 7.05. The van der Waals surface area contributed by atoms with Crippen LogP contribution < -0.4 is 0 Å². The molecule has 0 N–H and O–H groups in total. The number of benzene rings is 6. The van der Waals surface area contributed by atoms with Crippen LogP contribution in [0.15, 0.2) is 164 Å². The topological polar surface area (TPSA) is 43.6 Å². The second kappa shape index (κ2) is 12.2. The Morgan fingerprint density at radius 1 is 0.588 bits per heavy atom. The van der Waals surface area contributed by atoms with Gasteiger partial charge in [0.25, 0.3) is 0 Å². The molecule has 51 heavy (non-hydrogen) atoms. The van der Waals surface area contributed by atoms with Crippen molar-refractivity contribution < 1.29 is 0 Å². The molecule has 0 saturated carbocycles. The third-order valence-corrected chi connectivity index (χ3v) is 10.4. The third-order valence-electron chi connectivity index (χ3n) is 10.4. The zero-order chi connectivity index (χ0) is 33.7. The monoisotopic (exact) mass is 654 g/mol. The molecule has 0 amide bonds. The first kappa shape index (κ1) is 29.5. The van der Waals surface area contributed by atoms with E-state index in [9.17, 15) is 0 Å². The van der Waals surface area contributed by atoms with Crippen molar-refractivity contribution in [3.05, 3.63) is 175 Å². The maximum Gasteiger partial charge on any atom is 0.163 e. The zero-order valence-corrected chi connectivity index (χ0v) is 28.1. The van der Waals surface area contributed by atoms with E-state index in [1.165, 1.54) is 54.5 Å². The van der Waals surface area contributed by atoms with Crippen LogP contribution in [0.5, 0.6) is 0 Å². The second-order valence-electron chi connectivity index (χ2n) is 13.4. The summed E-state index contributed by atoms with van der Waals surface area (Å²) in [5.41, 5.74) is 8.25. The third kappa shape index (κ3) is 5.02. The van der Waals surface area contributed by atoms with Crippen molar-refractivity contribution in [3.8, 4) is 22.5 Å². The van der Waals surface area contributed by atoms with Gasteiger partial charge in [-0.05, 0) is 58.7 Å². The molecule has 6 aromatic carbocycles. The Labute approximate surface area is 296 Å². The van der Waals surface area contributed by atoms with Crippen LogP contribution in [0.4, 0.5) is 0 Å². The molecule has 0 spiro atoms. The highest BCUT2D eigenvalue weighted by molar-refractivity contribution is 6.26. The normalized spacial score (nSPS) is 15.9. The van der Waals surface area contributed by atoms with Crippen molar-refractivity contribution in [3.63, 3.8) is 0 Å². The molecule has 4 heteroatoms. The number of hydrogen-bond acceptors (Lipinski definition) is 3. The molecule has 8 aromatic rings. The maximum atomic E-state index is 5.11. The Balaban J connectivity index is 1.18. The highest BCUT2D eigenvalue weighted by Gasteiger charge is 2.24. The van der Waals surface area contributed by atoms with E-state index in [-0.39, 0.29) is 5.92 Å². The fourth-order valence-corrected chi connectivity index (χ4v) is 7.93. The lowest BCUT2D eigenvalue weighted by Gasteiger charge is -2.20. The highest BCUT2D eigenvalue weighted by Crippen LogP contribution is 2.45. The van der Waals surface area contributed by atoms with E-state index in [0.29, 0.717) is 0 Å². The summed E-state index contributed by atoms with van der Waals surface area (Å²) in [6, 6.07) is 45.6. The molecule has 242 valence electrons. The van der Waals surface area contributed by atoms with Crippen LogP contribution in [0, 0.1) is 0 Å². The largest absolute Gasteiger partial charge is 0.308 e. The van der Waals surface area contributed by atoms with Gasteiger partial charge in [0.2, 0.25) is 0 Å². The van der Waals surface area contributed by atoms with E-state index in [2.05, 4.69) is 150 Å². The molecule has 2 aromatic heterocycles. The molecular weight excluding hydrogens is 621 g/mol. The Morgan fingerprint density at radius 3 is 2.08 bits per heavy atom. The van der Waals surface area contributed by atoms with E-state index < -0.39 is 0 Å². The molecule has 0 aliphatic heterocycles. The zero-order valence-electron chi connectivity index (χ0n) is 28.1. The van der Waals surface area contributed by atoms with E-state index in [1.807, 2.05) is 18.2 Å². The Hall–Kier alpha value is -6.39. The first-order valence-electron chi connectivity index (χ1n) is 17.8. The number of fused-ring (bicyclic) bond motifs is 6. The molecule has 2 aliphatic carbocycles. The van der Waals surface area contributed by atoms with Gasteiger partial charge in [0.1, 0.15) is 5.82 Å². The van der Waals surface area contributed by atoms with Crippen molar-refractivity contribution in [2.75, 3.05) is 0 Å². The smallest absolute Gasteiger partial charge is 0.163 e. The highest BCUT2D eigenvalue weighted by atomic mass is 15.0. The lowest BCUT2D eigenvalue weighted by Crippen LogP contribution is -2.11. The van der Waals surface area contributed by atoms with E-state index >= 15 is 0 Å². The van der Waals surface area contributed by atoms with Gasteiger partial charge in [-0.3, -0.25) is 0 Å². The van der Waals surface area contributed by atoms with Crippen LogP contribution in [0.25, 0.3) is 77.1 Å². The first-order chi connectivity index (χ1) is 25.3. The van der Waals surface area contributed by atoms with E-state index in [0.717, 1.165) is 53.6 Å². The molecule has 2 heterocycles. The molecule has 1 unspecified atom stereocenters. The summed E-state index contributed by atoms with van der Waals surface area (Å²) in [5.74, 6) is 2.34. The van der Waals surface area contributed by atoms with Gasteiger partial charge in [-0.25, -0.2) is 15.0 Å². The van der Waals surface area contributed by atoms with Crippen LogP contribution in [0.3, 0.4) is 0 Å². The van der Waals surface area contributed by atoms with Crippen LogP contribution in [-0.4, -0.2) is 19.5 Å². The van der Waals surface area contributed by atoms with Crippen LogP contribution in [0.1, 0.15) is 36.8 Å². The Morgan fingerprint density at radius 2 is 1.31 bits per heavy atom. The second-order valence-corrected chi connectivity index (χ2v) is 13.4. The van der Waals surface area contributed by atoms with Crippen LogP contribution >= 0.6 is 0 Å². The average molecular weight is 655 g/mol. The average Bonchev–Trinajstić information content (AvgIpc) is 3.55. The lowest BCUT2D eigenvalue weighted by molar-refractivity contribution is 0.753. The number of aromatic nitrogens is 4. The predicted octanol–water partition coefficient (Wildman–Crippen LogP) is 11.9.